The van der Waals surface area contributed by atoms with Crippen molar-refractivity contribution in [3.05, 3.63) is 24.2 Å². The molecule has 0 aliphatic rings. The maximum Gasteiger partial charge on any atom is 0.177 e. The highest BCUT2D eigenvalue weighted by atomic mass is 16.5. The molecule has 2 aromatic rings. The molecule has 0 aromatic carbocycles. The van der Waals surface area contributed by atoms with Crippen molar-refractivity contribution in [2.45, 2.75) is 6.61 Å². The van der Waals surface area contributed by atoms with E-state index in [-0.39, 0.29) is 0 Å². The molecule has 5 heteroatoms. The number of ether oxygens (including phenoxy) is 2. The van der Waals surface area contributed by atoms with Crippen molar-refractivity contribution in [3.8, 4) is 0 Å². The topological polar surface area (TPSA) is 60.0 Å². The first-order chi connectivity index (χ1) is 7.40. The third kappa shape index (κ3) is 2.51. The number of methoxy groups -OCH3 is 1. The fourth-order valence-electron chi connectivity index (χ4n) is 1.27. The Morgan fingerprint density at radius 3 is 3.13 bits per heavy atom. The van der Waals surface area contributed by atoms with Gasteiger partial charge in [-0.15, -0.1) is 0 Å². The van der Waals surface area contributed by atoms with Crippen LogP contribution in [0.2, 0.25) is 0 Å². The standard InChI is InChI=1S/C10H13N3O2/c1-14-5-6-15-7-9-12-8-3-2-4-11-10(8)13-9/h2-4H,5-7H2,1H3,(H,11,12,13). The zero-order valence-corrected chi connectivity index (χ0v) is 8.56. The summed E-state index contributed by atoms with van der Waals surface area (Å²) in [6, 6.07) is 3.81. The van der Waals surface area contributed by atoms with E-state index < -0.39 is 0 Å². The van der Waals surface area contributed by atoms with Crippen LogP contribution in [0.3, 0.4) is 0 Å². The molecule has 0 bridgehead atoms. The Morgan fingerprint density at radius 1 is 1.40 bits per heavy atom. The fourth-order valence-corrected chi connectivity index (χ4v) is 1.27. The van der Waals surface area contributed by atoms with E-state index in [1.165, 1.54) is 0 Å². The van der Waals surface area contributed by atoms with Crippen molar-refractivity contribution >= 4 is 11.2 Å². The molecule has 0 saturated carbocycles. The molecular formula is C10H13N3O2. The molecule has 80 valence electrons. The number of nitrogens with zero attached hydrogens (tertiary/aromatic N) is 2. The molecule has 0 aliphatic carbocycles. The average Bonchev–Trinajstić information content (AvgIpc) is 2.67. The van der Waals surface area contributed by atoms with Crippen molar-refractivity contribution in [1.82, 2.24) is 15.0 Å². The Bertz CT molecular complexity index is 394. The first-order valence-corrected chi connectivity index (χ1v) is 4.76. The lowest BCUT2D eigenvalue weighted by Gasteiger charge is -1.99. The van der Waals surface area contributed by atoms with Crippen LogP contribution >= 0.6 is 0 Å². The molecule has 2 heterocycles. The second-order valence-electron chi connectivity index (χ2n) is 3.10. The van der Waals surface area contributed by atoms with Gasteiger partial charge in [0.15, 0.2) is 5.65 Å². The second kappa shape index (κ2) is 4.86. The summed E-state index contributed by atoms with van der Waals surface area (Å²) in [4.78, 5) is 11.5. The van der Waals surface area contributed by atoms with Gasteiger partial charge in [0.05, 0.1) is 18.7 Å². The van der Waals surface area contributed by atoms with Crippen LogP contribution in [0.25, 0.3) is 11.2 Å². The van der Waals surface area contributed by atoms with Crippen molar-refractivity contribution in [1.29, 1.82) is 0 Å². The molecule has 1 N–H and O–H groups in total. The number of fused-ring (bicyclic) bond motifs is 1. The Kier molecular flexibility index (Phi) is 3.26. The van der Waals surface area contributed by atoms with Crippen molar-refractivity contribution in [3.63, 3.8) is 0 Å². The van der Waals surface area contributed by atoms with Crippen LogP contribution in [0.4, 0.5) is 0 Å². The predicted molar refractivity (Wildman–Crippen MR) is 55.4 cm³/mol. The van der Waals surface area contributed by atoms with Crippen LogP contribution in [-0.4, -0.2) is 35.3 Å². The molecular weight excluding hydrogens is 194 g/mol. The normalized spacial score (nSPS) is 11.0. The smallest absolute Gasteiger partial charge is 0.177 e. The van der Waals surface area contributed by atoms with Crippen molar-refractivity contribution < 1.29 is 9.47 Å². The number of aromatic amines is 1. The maximum absolute atomic E-state index is 5.34. The van der Waals surface area contributed by atoms with E-state index in [9.17, 15) is 0 Å². The molecule has 0 saturated heterocycles. The minimum Gasteiger partial charge on any atom is -0.382 e. The number of pyridine rings is 1. The quantitative estimate of drug-likeness (QED) is 0.746. The fraction of sp³-hybridized carbons (Fsp3) is 0.400. The molecule has 0 atom stereocenters. The highest BCUT2D eigenvalue weighted by Gasteiger charge is 2.02. The number of hydrogen-bond donors (Lipinski definition) is 1. The van der Waals surface area contributed by atoms with Crippen LogP contribution in [0, 0.1) is 0 Å². The van der Waals surface area contributed by atoms with Gasteiger partial charge >= 0.3 is 0 Å². The van der Waals surface area contributed by atoms with E-state index in [1.54, 1.807) is 13.3 Å². The molecule has 5 nitrogen and oxygen atoms in total. The summed E-state index contributed by atoms with van der Waals surface area (Å²) in [7, 11) is 1.65. The van der Waals surface area contributed by atoms with Gasteiger partial charge in [-0.25, -0.2) is 9.97 Å². The van der Waals surface area contributed by atoms with Gasteiger partial charge in [0.25, 0.3) is 0 Å². The van der Waals surface area contributed by atoms with Crippen LogP contribution in [-0.2, 0) is 16.1 Å². The molecule has 15 heavy (non-hydrogen) atoms. The first-order valence-electron chi connectivity index (χ1n) is 4.76. The molecule has 0 spiro atoms. The zero-order chi connectivity index (χ0) is 10.5. The van der Waals surface area contributed by atoms with E-state index in [0.717, 1.165) is 17.0 Å². The molecule has 2 rings (SSSR count). The van der Waals surface area contributed by atoms with Gasteiger partial charge in [0, 0.05) is 13.3 Å². The highest BCUT2D eigenvalue weighted by molar-refractivity contribution is 5.69. The van der Waals surface area contributed by atoms with Crippen LogP contribution < -0.4 is 0 Å². The molecule has 0 radical (unpaired) electrons. The molecule has 0 fully saturated rings. The third-order valence-electron chi connectivity index (χ3n) is 1.98. The summed E-state index contributed by atoms with van der Waals surface area (Å²) in [5.74, 6) is 0.791. The van der Waals surface area contributed by atoms with Crippen molar-refractivity contribution in [2.24, 2.45) is 0 Å². The average molecular weight is 207 g/mol. The highest BCUT2D eigenvalue weighted by Crippen LogP contribution is 2.07. The van der Waals surface area contributed by atoms with Gasteiger partial charge < -0.3 is 14.5 Å². The number of hydrogen-bond acceptors (Lipinski definition) is 4. The van der Waals surface area contributed by atoms with Gasteiger partial charge in [0.2, 0.25) is 0 Å². The molecule has 2 aromatic heterocycles. The van der Waals surface area contributed by atoms with E-state index in [4.69, 9.17) is 9.47 Å². The van der Waals surface area contributed by atoms with Crippen LogP contribution in [0.15, 0.2) is 18.3 Å². The molecule has 0 unspecified atom stereocenters. The van der Waals surface area contributed by atoms with Gasteiger partial charge in [0.1, 0.15) is 12.4 Å². The Hall–Kier alpha value is -1.46. The van der Waals surface area contributed by atoms with Gasteiger partial charge in [-0.2, -0.15) is 0 Å². The van der Waals surface area contributed by atoms with Gasteiger partial charge in [-0.3, -0.25) is 0 Å². The second-order valence-corrected chi connectivity index (χ2v) is 3.10. The Morgan fingerprint density at radius 2 is 2.33 bits per heavy atom. The minimum atomic E-state index is 0.458. The zero-order valence-electron chi connectivity index (χ0n) is 8.56. The summed E-state index contributed by atoms with van der Waals surface area (Å²) in [5.41, 5.74) is 1.66. The molecule has 0 amide bonds. The summed E-state index contributed by atoms with van der Waals surface area (Å²) >= 11 is 0. The lowest BCUT2D eigenvalue weighted by atomic mass is 10.4. The lowest BCUT2D eigenvalue weighted by Crippen LogP contribution is -2.02. The molecule has 0 aliphatic heterocycles. The lowest BCUT2D eigenvalue weighted by molar-refractivity contribution is 0.0590. The SMILES string of the molecule is COCCOCc1nc2ncccc2[nH]1. The van der Waals surface area contributed by atoms with Gasteiger partial charge in [-0.05, 0) is 12.1 Å². The monoisotopic (exact) mass is 207 g/mol. The summed E-state index contributed by atoms with van der Waals surface area (Å²) in [6.45, 7) is 1.62. The number of rotatable bonds is 5. The van der Waals surface area contributed by atoms with Gasteiger partial charge in [-0.1, -0.05) is 0 Å². The van der Waals surface area contributed by atoms with Crippen LogP contribution in [0.5, 0.6) is 0 Å². The summed E-state index contributed by atoms with van der Waals surface area (Å²) in [6.07, 6.45) is 1.72. The van der Waals surface area contributed by atoms with E-state index in [1.807, 2.05) is 12.1 Å². The van der Waals surface area contributed by atoms with E-state index >= 15 is 0 Å². The minimum absolute atomic E-state index is 0.458. The largest absolute Gasteiger partial charge is 0.382 e. The number of H-pyrrole nitrogens is 1. The number of nitrogens with one attached hydrogen (secondary N) is 1. The Balaban J connectivity index is 1.97. The predicted octanol–water partition coefficient (Wildman–Crippen LogP) is 1.12. The maximum atomic E-state index is 5.34. The van der Waals surface area contributed by atoms with Crippen LogP contribution in [0.1, 0.15) is 5.82 Å². The Labute approximate surface area is 87.4 Å². The third-order valence-corrected chi connectivity index (χ3v) is 1.98. The number of imidazole rings is 1. The van der Waals surface area contributed by atoms with E-state index in [2.05, 4.69) is 15.0 Å². The first kappa shape index (κ1) is 10.1. The van der Waals surface area contributed by atoms with E-state index in [0.29, 0.717) is 19.8 Å². The summed E-state index contributed by atoms with van der Waals surface area (Å²) < 4.78 is 10.2. The summed E-state index contributed by atoms with van der Waals surface area (Å²) in [5, 5.41) is 0. The van der Waals surface area contributed by atoms with Crippen molar-refractivity contribution in [2.75, 3.05) is 20.3 Å². The number of aromatic nitrogens is 3.